The summed E-state index contributed by atoms with van der Waals surface area (Å²) in [5.74, 6) is -5.96. The van der Waals surface area contributed by atoms with Crippen molar-refractivity contribution >= 4 is 11.9 Å². The molecule has 10 heteroatoms. The number of alkyl halides is 4. The summed E-state index contributed by atoms with van der Waals surface area (Å²) in [4.78, 5) is 16.0. The molecule has 6 nitrogen and oxygen atoms in total. The number of nitrogens with zero attached hydrogens (tertiary/aromatic N) is 3. The van der Waals surface area contributed by atoms with Crippen LogP contribution in [0, 0.1) is 0 Å². The second-order valence-electron chi connectivity index (χ2n) is 5.17. The minimum Gasteiger partial charge on any atom is -0.466 e. The van der Waals surface area contributed by atoms with Crippen LogP contribution in [0.25, 0.3) is 0 Å². The normalized spacial score (nSPS) is 17.3. The first-order valence-electron chi connectivity index (χ1n) is 7.08. The van der Waals surface area contributed by atoms with E-state index in [0.717, 1.165) is 18.1 Å². The van der Waals surface area contributed by atoms with Gasteiger partial charge < -0.3 is 10.1 Å². The number of aromatic nitrogens is 3. The average Bonchev–Trinajstić information content (AvgIpc) is 3.08. The smallest absolute Gasteiger partial charge is 0.347 e. The van der Waals surface area contributed by atoms with E-state index < -0.39 is 35.6 Å². The Kier molecular flexibility index (Phi) is 4.19. The quantitative estimate of drug-likeness (QED) is 0.674. The third kappa shape index (κ3) is 2.73. The molecule has 2 aromatic rings. The van der Waals surface area contributed by atoms with E-state index in [9.17, 15) is 22.4 Å². The van der Waals surface area contributed by atoms with Crippen molar-refractivity contribution in [2.45, 2.75) is 18.4 Å². The Hall–Kier alpha value is -2.91. The van der Waals surface area contributed by atoms with E-state index in [1.165, 1.54) is 0 Å². The number of benzene rings is 1. The van der Waals surface area contributed by atoms with E-state index >= 15 is 0 Å². The molecule has 1 unspecified atom stereocenters. The molecule has 2 heterocycles. The highest BCUT2D eigenvalue weighted by atomic mass is 19.3. The number of halogens is 4. The van der Waals surface area contributed by atoms with Crippen LogP contribution in [-0.4, -0.2) is 40.2 Å². The third-order valence-electron chi connectivity index (χ3n) is 3.73. The number of fused-ring (bicyclic) bond motifs is 1. The first-order chi connectivity index (χ1) is 11.9. The second kappa shape index (κ2) is 6.19. The van der Waals surface area contributed by atoms with Crippen molar-refractivity contribution in [3.05, 3.63) is 53.5 Å². The zero-order valence-electron chi connectivity index (χ0n) is 12.8. The number of anilines is 1. The molecule has 25 heavy (non-hydrogen) atoms. The van der Waals surface area contributed by atoms with Gasteiger partial charge in [0.1, 0.15) is 18.1 Å². The molecule has 1 aromatic heterocycles. The second-order valence-corrected chi connectivity index (χ2v) is 5.17. The molecule has 0 saturated heterocycles. The standard InChI is InChI=1S/C15H12F4N4O2/c1-25-12(24)9-10(8-5-3-2-4-6-8)23-14(20-7-21-23)22-11(9)15(18,19)13(16)17/h2-7,10,13H,1H3,(H,20,21,22). The predicted octanol–water partition coefficient (Wildman–Crippen LogP) is 2.62. The van der Waals surface area contributed by atoms with Crippen LogP contribution >= 0.6 is 0 Å². The molecule has 1 N–H and O–H groups in total. The van der Waals surface area contributed by atoms with Gasteiger partial charge in [0.15, 0.2) is 0 Å². The lowest BCUT2D eigenvalue weighted by Gasteiger charge is -2.32. The van der Waals surface area contributed by atoms with Gasteiger partial charge >= 0.3 is 18.3 Å². The van der Waals surface area contributed by atoms with Gasteiger partial charge in [-0.3, -0.25) is 0 Å². The van der Waals surface area contributed by atoms with Gasteiger partial charge in [-0.1, -0.05) is 30.3 Å². The molecule has 1 aliphatic heterocycles. The van der Waals surface area contributed by atoms with Crippen molar-refractivity contribution in [1.82, 2.24) is 14.8 Å². The van der Waals surface area contributed by atoms with E-state index in [2.05, 4.69) is 20.1 Å². The summed E-state index contributed by atoms with van der Waals surface area (Å²) >= 11 is 0. The summed E-state index contributed by atoms with van der Waals surface area (Å²) in [6, 6.07) is 6.85. The summed E-state index contributed by atoms with van der Waals surface area (Å²) in [6.45, 7) is 0. The average molecular weight is 356 g/mol. The zero-order valence-corrected chi connectivity index (χ0v) is 12.8. The van der Waals surface area contributed by atoms with E-state index in [1.807, 2.05) is 0 Å². The molecule has 0 radical (unpaired) electrons. The molecule has 0 amide bonds. The molecular formula is C15H12F4N4O2. The zero-order chi connectivity index (χ0) is 18.2. The van der Waals surface area contributed by atoms with Crippen molar-refractivity contribution in [1.29, 1.82) is 0 Å². The summed E-state index contributed by atoms with van der Waals surface area (Å²) in [7, 11) is 0.979. The Morgan fingerprint density at radius 1 is 1.32 bits per heavy atom. The van der Waals surface area contributed by atoms with Gasteiger partial charge in [0, 0.05) is 0 Å². The molecule has 1 aromatic carbocycles. The molecule has 0 saturated carbocycles. The number of hydrogen-bond donors (Lipinski definition) is 1. The van der Waals surface area contributed by atoms with Gasteiger partial charge in [0.2, 0.25) is 5.95 Å². The number of esters is 1. The number of nitrogens with one attached hydrogen (secondary N) is 1. The Labute approximate surface area is 139 Å². The van der Waals surface area contributed by atoms with Crippen LogP contribution in [-0.2, 0) is 9.53 Å². The van der Waals surface area contributed by atoms with Gasteiger partial charge in [0.25, 0.3) is 0 Å². The molecule has 0 bridgehead atoms. The summed E-state index contributed by atoms with van der Waals surface area (Å²) in [5, 5.41) is 6.01. The van der Waals surface area contributed by atoms with Crippen molar-refractivity contribution < 1.29 is 27.1 Å². The van der Waals surface area contributed by atoms with Crippen LogP contribution in [0.2, 0.25) is 0 Å². The van der Waals surface area contributed by atoms with Crippen molar-refractivity contribution in [3.8, 4) is 0 Å². The fourth-order valence-electron chi connectivity index (χ4n) is 2.61. The number of carbonyl (C=O) groups is 1. The van der Waals surface area contributed by atoms with Crippen LogP contribution in [0.3, 0.4) is 0 Å². The number of allylic oxidation sites excluding steroid dienone is 1. The highest BCUT2D eigenvalue weighted by molar-refractivity contribution is 5.92. The largest absolute Gasteiger partial charge is 0.466 e. The van der Waals surface area contributed by atoms with Gasteiger partial charge in [-0.05, 0) is 5.56 Å². The van der Waals surface area contributed by atoms with E-state index in [0.29, 0.717) is 5.56 Å². The summed E-state index contributed by atoms with van der Waals surface area (Å²) in [6.07, 6.45) is -2.96. The molecular weight excluding hydrogens is 344 g/mol. The molecule has 0 aliphatic carbocycles. The maximum Gasteiger partial charge on any atom is 0.347 e. The van der Waals surface area contributed by atoms with E-state index in [-0.39, 0.29) is 5.95 Å². The maximum atomic E-state index is 14.1. The van der Waals surface area contributed by atoms with Crippen LogP contribution in [0.15, 0.2) is 47.9 Å². The van der Waals surface area contributed by atoms with Crippen LogP contribution in [0.5, 0.6) is 0 Å². The number of ether oxygens (including phenoxy) is 1. The van der Waals surface area contributed by atoms with Crippen LogP contribution in [0.1, 0.15) is 11.6 Å². The number of carbonyl (C=O) groups excluding carboxylic acids is 1. The monoisotopic (exact) mass is 356 g/mol. The third-order valence-corrected chi connectivity index (χ3v) is 3.73. The number of rotatable bonds is 4. The Bertz CT molecular complexity index is 820. The van der Waals surface area contributed by atoms with Crippen LogP contribution < -0.4 is 5.32 Å². The SMILES string of the molecule is COC(=O)C1=C(C(F)(F)C(F)F)Nc2ncnn2C1c1ccccc1. The molecule has 0 spiro atoms. The van der Waals surface area contributed by atoms with Gasteiger partial charge in [0.05, 0.1) is 12.7 Å². The topological polar surface area (TPSA) is 69.0 Å². The van der Waals surface area contributed by atoms with Gasteiger partial charge in [-0.2, -0.15) is 18.9 Å². The van der Waals surface area contributed by atoms with E-state index in [4.69, 9.17) is 0 Å². The van der Waals surface area contributed by atoms with Crippen molar-refractivity contribution in [3.63, 3.8) is 0 Å². The Balaban J connectivity index is 2.29. The molecule has 3 rings (SSSR count). The summed E-state index contributed by atoms with van der Waals surface area (Å²) in [5.41, 5.74) is -1.51. The Morgan fingerprint density at radius 2 is 2.00 bits per heavy atom. The molecule has 1 atom stereocenters. The lowest BCUT2D eigenvalue weighted by atomic mass is 9.93. The fraction of sp³-hybridized carbons (Fsp3) is 0.267. The molecule has 132 valence electrons. The molecule has 0 fully saturated rings. The lowest BCUT2D eigenvalue weighted by molar-refractivity contribution is -0.137. The minimum absolute atomic E-state index is 0.183. The highest BCUT2D eigenvalue weighted by Crippen LogP contribution is 2.42. The minimum atomic E-state index is -4.60. The van der Waals surface area contributed by atoms with Gasteiger partial charge in [-0.15, -0.1) is 0 Å². The molecule has 1 aliphatic rings. The highest BCUT2D eigenvalue weighted by Gasteiger charge is 2.51. The van der Waals surface area contributed by atoms with Crippen molar-refractivity contribution in [2.24, 2.45) is 0 Å². The van der Waals surface area contributed by atoms with Crippen molar-refractivity contribution in [2.75, 3.05) is 12.4 Å². The van der Waals surface area contributed by atoms with Gasteiger partial charge in [-0.25, -0.2) is 18.3 Å². The first-order valence-corrected chi connectivity index (χ1v) is 7.08. The first kappa shape index (κ1) is 16.9. The number of methoxy groups -OCH3 is 1. The van der Waals surface area contributed by atoms with Crippen LogP contribution in [0.4, 0.5) is 23.5 Å². The number of hydrogen-bond acceptors (Lipinski definition) is 5. The fourth-order valence-corrected chi connectivity index (χ4v) is 2.61. The maximum absolute atomic E-state index is 14.1. The summed E-state index contributed by atoms with van der Waals surface area (Å²) < 4.78 is 59.9. The Morgan fingerprint density at radius 3 is 2.60 bits per heavy atom. The predicted molar refractivity (Wildman–Crippen MR) is 78.2 cm³/mol. The lowest BCUT2D eigenvalue weighted by Crippen LogP contribution is -2.40. The van der Waals surface area contributed by atoms with E-state index in [1.54, 1.807) is 30.3 Å².